The molecule has 0 aliphatic rings. The van der Waals surface area contributed by atoms with Crippen molar-refractivity contribution in [3.05, 3.63) is 31.9 Å². The third kappa shape index (κ3) is 3.68. The molecule has 0 aromatic carbocycles. The van der Waals surface area contributed by atoms with Crippen LogP contribution in [0.25, 0.3) is 0 Å². The number of carbonyl (C=O) groups excluding carboxylic acids is 1. The summed E-state index contributed by atoms with van der Waals surface area (Å²) >= 11 is 8.83. The lowest BCUT2D eigenvalue weighted by Gasteiger charge is -1.99. The number of nitrogens with zero attached hydrogens (tertiary/aromatic N) is 1. The lowest BCUT2D eigenvalue weighted by Crippen LogP contribution is -2.07. The third-order valence-electron chi connectivity index (χ3n) is 2.31. The molecule has 2 heterocycles. The van der Waals surface area contributed by atoms with Gasteiger partial charge in [-0.15, -0.1) is 22.7 Å². The second-order valence-electron chi connectivity index (χ2n) is 3.70. The normalized spacial score (nSPS) is 10.5. The van der Waals surface area contributed by atoms with Crippen LogP contribution in [0.3, 0.4) is 0 Å². The minimum absolute atomic E-state index is 0.353. The van der Waals surface area contributed by atoms with Crippen LogP contribution in [0.4, 0.5) is 5.13 Å². The van der Waals surface area contributed by atoms with Gasteiger partial charge in [0.1, 0.15) is 0 Å². The van der Waals surface area contributed by atoms with Crippen molar-refractivity contribution < 1.29 is 9.53 Å². The fourth-order valence-electron chi connectivity index (χ4n) is 1.47. The number of rotatable bonds is 5. The Morgan fingerprint density at radius 3 is 2.89 bits per heavy atom. The molecule has 0 aliphatic heterocycles. The molecule has 0 amide bonds. The van der Waals surface area contributed by atoms with Gasteiger partial charge < -0.3 is 10.1 Å². The number of halogens is 1. The zero-order valence-electron chi connectivity index (χ0n) is 10.5. The van der Waals surface area contributed by atoms with Gasteiger partial charge in [-0.05, 0) is 26.0 Å². The van der Waals surface area contributed by atoms with E-state index in [-0.39, 0.29) is 5.97 Å². The smallest absolute Gasteiger partial charge is 0.358 e. The summed E-state index contributed by atoms with van der Waals surface area (Å²) in [7, 11) is 0. The SMILES string of the molecule is CCOC(=O)c1nc(NCc2ccc(Cl)s2)sc1C. The second-order valence-corrected chi connectivity index (χ2v) is 6.71. The van der Waals surface area contributed by atoms with Gasteiger partial charge in [-0.2, -0.15) is 0 Å². The van der Waals surface area contributed by atoms with Crippen molar-refractivity contribution in [1.82, 2.24) is 4.98 Å². The molecular formula is C12H13ClN2O2S2. The Labute approximate surface area is 124 Å². The third-order valence-corrected chi connectivity index (χ3v) is 4.47. The molecule has 0 saturated carbocycles. The Morgan fingerprint density at radius 2 is 2.26 bits per heavy atom. The summed E-state index contributed by atoms with van der Waals surface area (Å²) < 4.78 is 5.71. The zero-order valence-corrected chi connectivity index (χ0v) is 12.9. The van der Waals surface area contributed by atoms with Crippen molar-refractivity contribution in [3.8, 4) is 0 Å². The van der Waals surface area contributed by atoms with Crippen LogP contribution in [-0.4, -0.2) is 17.6 Å². The maximum absolute atomic E-state index is 11.6. The minimum Gasteiger partial charge on any atom is -0.461 e. The maximum atomic E-state index is 11.6. The lowest BCUT2D eigenvalue weighted by atomic mass is 10.4. The predicted molar refractivity (Wildman–Crippen MR) is 79.5 cm³/mol. The number of thiazole rings is 1. The number of ether oxygens (including phenoxy) is 1. The van der Waals surface area contributed by atoms with Crippen LogP contribution in [0.2, 0.25) is 4.34 Å². The van der Waals surface area contributed by atoms with Gasteiger partial charge in [0.2, 0.25) is 0 Å². The van der Waals surface area contributed by atoms with Gasteiger partial charge >= 0.3 is 5.97 Å². The number of aryl methyl sites for hydroxylation is 1. The van der Waals surface area contributed by atoms with E-state index < -0.39 is 0 Å². The fourth-order valence-corrected chi connectivity index (χ4v) is 3.29. The average molecular weight is 317 g/mol. The largest absolute Gasteiger partial charge is 0.461 e. The number of carbonyl (C=O) groups is 1. The van der Waals surface area contributed by atoms with Crippen LogP contribution in [0.1, 0.15) is 27.2 Å². The van der Waals surface area contributed by atoms with Gasteiger partial charge in [0, 0.05) is 9.75 Å². The van der Waals surface area contributed by atoms with E-state index in [1.165, 1.54) is 22.7 Å². The highest BCUT2D eigenvalue weighted by molar-refractivity contribution is 7.16. The molecule has 19 heavy (non-hydrogen) atoms. The molecule has 0 spiro atoms. The molecule has 0 unspecified atom stereocenters. The summed E-state index contributed by atoms with van der Waals surface area (Å²) in [6.45, 7) is 4.63. The average Bonchev–Trinajstić information content (AvgIpc) is 2.93. The Morgan fingerprint density at radius 1 is 1.47 bits per heavy atom. The highest BCUT2D eigenvalue weighted by Gasteiger charge is 2.16. The summed E-state index contributed by atoms with van der Waals surface area (Å²) in [5.74, 6) is -0.372. The van der Waals surface area contributed by atoms with Gasteiger partial charge in [-0.25, -0.2) is 9.78 Å². The molecule has 2 aromatic heterocycles. The van der Waals surface area contributed by atoms with Crippen LogP contribution in [0.15, 0.2) is 12.1 Å². The lowest BCUT2D eigenvalue weighted by molar-refractivity contribution is 0.0519. The first kappa shape index (κ1) is 14.3. The van der Waals surface area contributed by atoms with Gasteiger partial charge in [0.05, 0.1) is 17.5 Å². The van der Waals surface area contributed by atoms with Crippen molar-refractivity contribution in [1.29, 1.82) is 0 Å². The molecule has 0 fully saturated rings. The fraction of sp³-hybridized carbons (Fsp3) is 0.333. The molecule has 2 rings (SSSR count). The number of thiophene rings is 1. The molecule has 0 aliphatic carbocycles. The summed E-state index contributed by atoms with van der Waals surface area (Å²) in [4.78, 5) is 17.9. The Balaban J connectivity index is 2.01. The standard InChI is InChI=1S/C12H13ClN2O2S2/c1-3-17-11(16)10-7(2)18-12(15-10)14-6-8-4-5-9(13)19-8/h4-5H,3,6H2,1-2H3,(H,14,15). The van der Waals surface area contributed by atoms with Crippen molar-refractivity contribution >= 4 is 45.4 Å². The molecule has 102 valence electrons. The topological polar surface area (TPSA) is 51.2 Å². The number of aromatic nitrogens is 1. The molecule has 0 atom stereocenters. The van der Waals surface area contributed by atoms with E-state index in [9.17, 15) is 4.79 Å². The summed E-state index contributed by atoms with van der Waals surface area (Å²) in [6.07, 6.45) is 0. The van der Waals surface area contributed by atoms with E-state index >= 15 is 0 Å². The number of esters is 1. The monoisotopic (exact) mass is 316 g/mol. The first-order valence-corrected chi connectivity index (χ1v) is 7.74. The Hall–Kier alpha value is -1.11. The predicted octanol–water partition coefficient (Wildman–Crippen LogP) is 3.96. The minimum atomic E-state index is -0.372. The van der Waals surface area contributed by atoms with Gasteiger partial charge in [-0.1, -0.05) is 11.6 Å². The van der Waals surface area contributed by atoms with Crippen molar-refractivity contribution in [2.24, 2.45) is 0 Å². The zero-order chi connectivity index (χ0) is 13.8. The second kappa shape index (κ2) is 6.36. The summed E-state index contributed by atoms with van der Waals surface area (Å²) in [5, 5.41) is 3.90. The number of hydrogen-bond donors (Lipinski definition) is 1. The van der Waals surface area contributed by atoms with Crippen molar-refractivity contribution in [3.63, 3.8) is 0 Å². The summed E-state index contributed by atoms with van der Waals surface area (Å²) in [5.41, 5.74) is 0.388. The van der Waals surface area contributed by atoms with Crippen LogP contribution >= 0.6 is 34.3 Å². The van der Waals surface area contributed by atoms with E-state index in [1.807, 2.05) is 19.1 Å². The van der Waals surface area contributed by atoms with Crippen LogP contribution < -0.4 is 5.32 Å². The first-order valence-electron chi connectivity index (χ1n) is 5.72. The van der Waals surface area contributed by atoms with E-state index in [1.54, 1.807) is 6.92 Å². The van der Waals surface area contributed by atoms with Crippen LogP contribution in [0, 0.1) is 6.92 Å². The number of anilines is 1. The molecule has 2 aromatic rings. The molecule has 1 N–H and O–H groups in total. The molecule has 0 bridgehead atoms. The van der Waals surface area contributed by atoms with Crippen molar-refractivity contribution in [2.75, 3.05) is 11.9 Å². The number of nitrogens with one attached hydrogen (secondary N) is 1. The van der Waals surface area contributed by atoms with Crippen LogP contribution in [0.5, 0.6) is 0 Å². The highest BCUT2D eigenvalue weighted by Crippen LogP contribution is 2.25. The molecule has 0 saturated heterocycles. The van der Waals surface area contributed by atoms with Crippen molar-refractivity contribution in [2.45, 2.75) is 20.4 Å². The van der Waals surface area contributed by atoms with E-state index in [4.69, 9.17) is 16.3 Å². The first-order chi connectivity index (χ1) is 9.10. The van der Waals surface area contributed by atoms with E-state index in [0.29, 0.717) is 24.0 Å². The van der Waals surface area contributed by atoms with Gasteiger partial charge in [0.25, 0.3) is 0 Å². The maximum Gasteiger partial charge on any atom is 0.358 e. The van der Waals surface area contributed by atoms with E-state index in [0.717, 1.165) is 14.1 Å². The molecule has 4 nitrogen and oxygen atoms in total. The van der Waals surface area contributed by atoms with Crippen LogP contribution in [-0.2, 0) is 11.3 Å². The molecule has 7 heteroatoms. The molecular weight excluding hydrogens is 304 g/mol. The van der Waals surface area contributed by atoms with E-state index in [2.05, 4.69) is 10.3 Å². The highest BCUT2D eigenvalue weighted by atomic mass is 35.5. The Bertz CT molecular complexity index is 580. The summed E-state index contributed by atoms with van der Waals surface area (Å²) in [6, 6.07) is 3.83. The van der Waals surface area contributed by atoms with Gasteiger partial charge in [0.15, 0.2) is 10.8 Å². The van der Waals surface area contributed by atoms with Gasteiger partial charge in [-0.3, -0.25) is 0 Å². The molecule has 0 radical (unpaired) electrons. The Kier molecular flexibility index (Phi) is 4.79. The quantitative estimate of drug-likeness (QED) is 0.848. The number of hydrogen-bond acceptors (Lipinski definition) is 6.